The topological polar surface area (TPSA) is 26.0 Å². The third kappa shape index (κ3) is 2.82. The lowest BCUT2D eigenvalue weighted by Gasteiger charge is -2.13. The minimum Gasteiger partial charge on any atom is -0.324 e. The second-order valence-electron chi connectivity index (χ2n) is 3.04. The summed E-state index contributed by atoms with van der Waals surface area (Å²) >= 11 is 8.24. The summed E-state index contributed by atoms with van der Waals surface area (Å²) in [6.07, 6.45) is 2.11. The third-order valence-corrected chi connectivity index (χ3v) is 3.82. The minimum atomic E-state index is 0.121. The fraction of sp³-hybridized carbons (Fsp3) is 0.400. The van der Waals surface area contributed by atoms with E-state index in [1.165, 1.54) is 0 Å². The molecule has 0 saturated carbocycles. The highest BCUT2D eigenvalue weighted by atomic mass is 127. The number of hydrogen-bond acceptors (Lipinski definition) is 1. The molecule has 0 aliphatic carbocycles. The zero-order valence-electron chi connectivity index (χ0n) is 7.56. The molecule has 0 amide bonds. The van der Waals surface area contributed by atoms with Crippen molar-refractivity contribution in [3.63, 3.8) is 0 Å². The van der Waals surface area contributed by atoms with E-state index in [2.05, 4.69) is 29.5 Å². The molecule has 0 aliphatic rings. The molecule has 0 saturated heterocycles. The van der Waals surface area contributed by atoms with Crippen LogP contribution in [0.25, 0.3) is 0 Å². The van der Waals surface area contributed by atoms with E-state index in [9.17, 15) is 0 Å². The first kappa shape index (κ1) is 11.3. The first-order valence-electron chi connectivity index (χ1n) is 4.36. The van der Waals surface area contributed by atoms with Gasteiger partial charge in [0.2, 0.25) is 0 Å². The molecule has 13 heavy (non-hydrogen) atoms. The van der Waals surface area contributed by atoms with Crippen LogP contribution in [0.15, 0.2) is 18.2 Å². The molecule has 0 bridgehead atoms. The van der Waals surface area contributed by atoms with E-state index in [0.29, 0.717) is 0 Å². The minimum absolute atomic E-state index is 0.121. The van der Waals surface area contributed by atoms with Crippen LogP contribution in [0.4, 0.5) is 0 Å². The maximum absolute atomic E-state index is 6.01. The van der Waals surface area contributed by atoms with Gasteiger partial charge in [-0.1, -0.05) is 37.1 Å². The fourth-order valence-electron chi connectivity index (χ4n) is 1.27. The molecule has 72 valence electrons. The van der Waals surface area contributed by atoms with Crippen molar-refractivity contribution in [1.29, 1.82) is 0 Å². The molecule has 1 aromatic rings. The van der Waals surface area contributed by atoms with Crippen molar-refractivity contribution in [2.75, 3.05) is 0 Å². The highest BCUT2D eigenvalue weighted by molar-refractivity contribution is 14.1. The molecule has 0 unspecified atom stereocenters. The first-order valence-corrected chi connectivity index (χ1v) is 5.82. The van der Waals surface area contributed by atoms with E-state index in [0.717, 1.165) is 27.0 Å². The summed E-state index contributed by atoms with van der Waals surface area (Å²) in [5, 5.41) is 0.796. The van der Waals surface area contributed by atoms with E-state index in [1.807, 2.05) is 18.2 Å². The van der Waals surface area contributed by atoms with Crippen LogP contribution in [-0.2, 0) is 0 Å². The van der Waals surface area contributed by atoms with Gasteiger partial charge in [0.05, 0.1) is 5.02 Å². The van der Waals surface area contributed by atoms with Crippen molar-refractivity contribution in [3.05, 3.63) is 32.4 Å². The molecule has 1 aromatic carbocycles. The van der Waals surface area contributed by atoms with Crippen LogP contribution in [0.3, 0.4) is 0 Å². The molecule has 0 aliphatic heterocycles. The summed E-state index contributed by atoms with van der Waals surface area (Å²) in [4.78, 5) is 0. The quantitative estimate of drug-likeness (QED) is 0.846. The van der Waals surface area contributed by atoms with Crippen LogP contribution in [0.5, 0.6) is 0 Å². The van der Waals surface area contributed by atoms with Crippen molar-refractivity contribution >= 4 is 34.2 Å². The van der Waals surface area contributed by atoms with Gasteiger partial charge in [-0.3, -0.25) is 0 Å². The average molecular weight is 310 g/mol. The number of benzene rings is 1. The summed E-state index contributed by atoms with van der Waals surface area (Å²) in [5.41, 5.74) is 7.17. The number of rotatable bonds is 3. The molecule has 1 rings (SSSR count). The van der Waals surface area contributed by atoms with Gasteiger partial charge in [0.15, 0.2) is 0 Å². The highest BCUT2D eigenvalue weighted by Gasteiger charge is 2.10. The van der Waals surface area contributed by atoms with Crippen LogP contribution >= 0.6 is 34.2 Å². The third-order valence-electron chi connectivity index (χ3n) is 1.98. The normalized spacial score (nSPS) is 12.9. The first-order chi connectivity index (χ1) is 6.16. The van der Waals surface area contributed by atoms with Crippen molar-refractivity contribution in [2.45, 2.75) is 25.8 Å². The van der Waals surface area contributed by atoms with Crippen LogP contribution in [-0.4, -0.2) is 0 Å². The number of halogens is 2. The molecule has 0 fully saturated rings. The van der Waals surface area contributed by atoms with Crippen molar-refractivity contribution in [1.82, 2.24) is 0 Å². The molecule has 1 atom stereocenters. The lowest BCUT2D eigenvalue weighted by atomic mass is 10.0. The van der Waals surface area contributed by atoms with Crippen molar-refractivity contribution < 1.29 is 0 Å². The molecule has 0 aromatic heterocycles. The average Bonchev–Trinajstić information content (AvgIpc) is 2.10. The maximum atomic E-state index is 6.01. The summed E-state index contributed by atoms with van der Waals surface area (Å²) < 4.78 is 1.09. The summed E-state index contributed by atoms with van der Waals surface area (Å²) in [7, 11) is 0. The molecule has 0 heterocycles. The van der Waals surface area contributed by atoms with Crippen molar-refractivity contribution in [3.8, 4) is 0 Å². The lowest BCUT2D eigenvalue weighted by Crippen LogP contribution is -2.11. The fourth-order valence-corrected chi connectivity index (χ4v) is 2.21. The van der Waals surface area contributed by atoms with Crippen LogP contribution in [0.1, 0.15) is 31.4 Å². The summed E-state index contributed by atoms with van der Waals surface area (Å²) in [6.45, 7) is 2.14. The molecule has 1 nitrogen and oxygen atoms in total. The largest absolute Gasteiger partial charge is 0.324 e. The standard InChI is InChI=1S/C10H13ClIN/c1-2-4-9(13)7-5-3-6-8(11)10(7)12/h3,5-6,9H,2,4,13H2,1H3/t9-/m1/s1. The molecule has 0 spiro atoms. The molecular weight excluding hydrogens is 296 g/mol. The molecule has 0 radical (unpaired) electrons. The Kier molecular flexibility index (Phi) is 4.49. The Labute approximate surface area is 97.8 Å². The molecular formula is C10H13ClIN. The smallest absolute Gasteiger partial charge is 0.0542 e. The Morgan fingerprint density at radius 3 is 2.85 bits per heavy atom. The Balaban J connectivity index is 2.93. The lowest BCUT2D eigenvalue weighted by molar-refractivity contribution is 0.636. The van der Waals surface area contributed by atoms with Gasteiger partial charge < -0.3 is 5.73 Å². The predicted octanol–water partition coefficient (Wildman–Crippen LogP) is 3.74. The van der Waals surface area contributed by atoms with E-state index in [-0.39, 0.29) is 6.04 Å². The van der Waals surface area contributed by atoms with E-state index < -0.39 is 0 Å². The SMILES string of the molecule is CCC[C@@H](N)c1cccc(Cl)c1I. The molecule has 2 N–H and O–H groups in total. The second-order valence-corrected chi connectivity index (χ2v) is 4.52. The predicted molar refractivity (Wildman–Crippen MR) is 66.0 cm³/mol. The van der Waals surface area contributed by atoms with E-state index in [1.54, 1.807) is 0 Å². The van der Waals surface area contributed by atoms with Gasteiger partial charge in [0.1, 0.15) is 0 Å². The van der Waals surface area contributed by atoms with Gasteiger partial charge in [-0.15, -0.1) is 0 Å². The van der Waals surface area contributed by atoms with Gasteiger partial charge in [0, 0.05) is 9.61 Å². The monoisotopic (exact) mass is 309 g/mol. The Morgan fingerprint density at radius 1 is 1.54 bits per heavy atom. The van der Waals surface area contributed by atoms with Gasteiger partial charge in [0.25, 0.3) is 0 Å². The Bertz CT molecular complexity index is 288. The van der Waals surface area contributed by atoms with Crippen LogP contribution < -0.4 is 5.73 Å². The maximum Gasteiger partial charge on any atom is 0.0542 e. The van der Waals surface area contributed by atoms with Gasteiger partial charge in [-0.25, -0.2) is 0 Å². The van der Waals surface area contributed by atoms with Crippen LogP contribution in [0.2, 0.25) is 5.02 Å². The van der Waals surface area contributed by atoms with E-state index >= 15 is 0 Å². The van der Waals surface area contributed by atoms with Gasteiger partial charge in [-0.2, -0.15) is 0 Å². The summed E-state index contributed by atoms with van der Waals surface area (Å²) in [5.74, 6) is 0. The van der Waals surface area contributed by atoms with Gasteiger partial charge >= 0.3 is 0 Å². The Hall–Kier alpha value is 0.200. The molecule has 3 heteroatoms. The van der Waals surface area contributed by atoms with Crippen LogP contribution in [0, 0.1) is 3.57 Å². The van der Waals surface area contributed by atoms with Crippen molar-refractivity contribution in [2.24, 2.45) is 5.73 Å². The second kappa shape index (κ2) is 5.17. The zero-order chi connectivity index (χ0) is 9.84. The zero-order valence-corrected chi connectivity index (χ0v) is 10.5. The Morgan fingerprint density at radius 2 is 2.23 bits per heavy atom. The highest BCUT2D eigenvalue weighted by Crippen LogP contribution is 2.27. The van der Waals surface area contributed by atoms with Gasteiger partial charge in [-0.05, 0) is 40.6 Å². The van der Waals surface area contributed by atoms with E-state index in [4.69, 9.17) is 17.3 Å². The summed E-state index contributed by atoms with van der Waals surface area (Å²) in [6, 6.07) is 6.02. The number of hydrogen-bond donors (Lipinski definition) is 1. The number of nitrogens with two attached hydrogens (primary N) is 1.